The van der Waals surface area contributed by atoms with Crippen LogP contribution in [0.25, 0.3) is 15.3 Å². The normalized spacial score (nSPS) is 11.6. The number of thiazole rings is 1. The predicted molar refractivity (Wildman–Crippen MR) is 99.8 cm³/mol. The molecular formula is C18H15N5OS. The van der Waals surface area contributed by atoms with Crippen LogP contribution in [0.3, 0.4) is 0 Å². The maximum Gasteiger partial charge on any atom is 0.282 e. The molecular weight excluding hydrogens is 334 g/mol. The first-order chi connectivity index (χ1) is 12.2. The lowest BCUT2D eigenvalue weighted by Crippen LogP contribution is -2.17. The lowest BCUT2D eigenvalue weighted by atomic mass is 10.2. The van der Waals surface area contributed by atoms with Crippen molar-refractivity contribution in [3.05, 3.63) is 76.0 Å². The van der Waals surface area contributed by atoms with Crippen molar-refractivity contribution in [2.24, 2.45) is 4.99 Å². The van der Waals surface area contributed by atoms with Gasteiger partial charge in [-0.25, -0.2) is 4.98 Å². The lowest BCUT2D eigenvalue weighted by molar-refractivity contribution is 0.829. The highest BCUT2D eigenvalue weighted by Gasteiger charge is 2.13. The molecule has 3 heterocycles. The fourth-order valence-corrected chi connectivity index (χ4v) is 3.46. The highest BCUT2D eigenvalue weighted by molar-refractivity contribution is 7.20. The van der Waals surface area contributed by atoms with E-state index in [9.17, 15) is 4.79 Å². The highest BCUT2D eigenvalue weighted by Crippen LogP contribution is 2.23. The molecule has 7 heteroatoms. The van der Waals surface area contributed by atoms with Gasteiger partial charge in [-0.1, -0.05) is 23.5 Å². The summed E-state index contributed by atoms with van der Waals surface area (Å²) in [7, 11) is 0. The molecule has 0 saturated heterocycles. The average molecular weight is 349 g/mol. The van der Waals surface area contributed by atoms with Gasteiger partial charge in [0.15, 0.2) is 0 Å². The van der Waals surface area contributed by atoms with Gasteiger partial charge in [-0.15, -0.1) is 0 Å². The summed E-state index contributed by atoms with van der Waals surface area (Å²) < 4.78 is 2.53. The van der Waals surface area contributed by atoms with Gasteiger partial charge in [0.25, 0.3) is 5.56 Å². The third-order valence-electron chi connectivity index (χ3n) is 3.83. The van der Waals surface area contributed by atoms with Crippen LogP contribution < -0.4 is 5.56 Å². The maximum absolute atomic E-state index is 12.7. The van der Waals surface area contributed by atoms with Gasteiger partial charge in [-0.2, -0.15) is 4.68 Å². The number of para-hydroxylation sites is 1. The van der Waals surface area contributed by atoms with Gasteiger partial charge in [-0.05, 0) is 36.8 Å². The van der Waals surface area contributed by atoms with Gasteiger partial charge in [0, 0.05) is 24.3 Å². The van der Waals surface area contributed by atoms with Crippen LogP contribution >= 0.6 is 11.3 Å². The molecule has 4 rings (SSSR count). The minimum Gasteiger partial charge on any atom is -0.293 e. The van der Waals surface area contributed by atoms with Crippen LogP contribution in [-0.4, -0.2) is 26.0 Å². The van der Waals surface area contributed by atoms with Crippen molar-refractivity contribution in [1.29, 1.82) is 0 Å². The summed E-state index contributed by atoms with van der Waals surface area (Å²) in [4.78, 5) is 25.6. The highest BCUT2D eigenvalue weighted by atomic mass is 32.1. The van der Waals surface area contributed by atoms with Crippen LogP contribution in [0.4, 0.5) is 0 Å². The Morgan fingerprint density at radius 3 is 2.84 bits per heavy atom. The van der Waals surface area contributed by atoms with Crippen LogP contribution in [0, 0.1) is 6.92 Å². The number of aliphatic imine (C=N–C) groups is 1. The van der Waals surface area contributed by atoms with Crippen LogP contribution in [0.2, 0.25) is 0 Å². The number of benzene rings is 1. The number of nitrogens with one attached hydrogen (secondary N) is 1. The smallest absolute Gasteiger partial charge is 0.282 e. The van der Waals surface area contributed by atoms with E-state index in [2.05, 4.69) is 20.1 Å². The molecule has 1 N–H and O–H groups in total. The number of aryl methyl sites for hydroxylation is 1. The molecule has 6 nitrogen and oxygen atoms in total. The molecule has 0 aliphatic carbocycles. The number of rotatable bonds is 4. The minimum atomic E-state index is -0.143. The van der Waals surface area contributed by atoms with Crippen molar-refractivity contribution < 1.29 is 0 Å². The monoisotopic (exact) mass is 349 g/mol. The van der Waals surface area contributed by atoms with Crippen LogP contribution in [0.15, 0.2) is 58.6 Å². The fraction of sp³-hybridized carbons (Fsp3) is 0.111. The van der Waals surface area contributed by atoms with E-state index in [1.807, 2.05) is 43.3 Å². The van der Waals surface area contributed by atoms with Gasteiger partial charge in [0.1, 0.15) is 0 Å². The molecule has 0 amide bonds. The molecule has 0 atom stereocenters. The largest absolute Gasteiger partial charge is 0.293 e. The van der Waals surface area contributed by atoms with Crippen LogP contribution in [-0.2, 0) is 6.54 Å². The fourth-order valence-electron chi connectivity index (χ4n) is 2.53. The second-order valence-corrected chi connectivity index (χ2v) is 6.59. The molecule has 4 aromatic rings. The quantitative estimate of drug-likeness (QED) is 0.575. The Hall–Kier alpha value is -3.06. The first-order valence-electron chi connectivity index (χ1n) is 7.78. The first kappa shape index (κ1) is 15.5. The zero-order valence-electron chi connectivity index (χ0n) is 13.5. The molecule has 25 heavy (non-hydrogen) atoms. The lowest BCUT2D eigenvalue weighted by Gasteiger charge is -1.93. The number of fused-ring (bicyclic) bond motifs is 1. The van der Waals surface area contributed by atoms with E-state index in [1.54, 1.807) is 18.6 Å². The number of nitrogens with zero attached hydrogens (tertiary/aromatic N) is 4. The van der Waals surface area contributed by atoms with Crippen molar-refractivity contribution in [3.8, 4) is 5.13 Å². The number of aromatic nitrogens is 4. The summed E-state index contributed by atoms with van der Waals surface area (Å²) in [6.45, 7) is 2.37. The van der Waals surface area contributed by atoms with E-state index in [-0.39, 0.29) is 5.56 Å². The summed E-state index contributed by atoms with van der Waals surface area (Å²) in [5, 5.41) is 3.72. The maximum atomic E-state index is 12.7. The zero-order chi connectivity index (χ0) is 17.2. The molecule has 0 radical (unpaired) electrons. The van der Waals surface area contributed by atoms with Gasteiger partial charge >= 0.3 is 0 Å². The van der Waals surface area contributed by atoms with Crippen LogP contribution in [0.1, 0.15) is 16.8 Å². The Bertz CT molecular complexity index is 1070. The Kier molecular flexibility index (Phi) is 3.99. The Balaban J connectivity index is 1.65. The first-order valence-corrected chi connectivity index (χ1v) is 8.60. The molecule has 0 unspecified atom stereocenters. The molecule has 0 spiro atoms. The molecule has 0 aliphatic rings. The topological polar surface area (TPSA) is 75.9 Å². The van der Waals surface area contributed by atoms with Gasteiger partial charge in [-0.3, -0.25) is 19.9 Å². The van der Waals surface area contributed by atoms with E-state index >= 15 is 0 Å². The van der Waals surface area contributed by atoms with E-state index in [1.165, 1.54) is 16.0 Å². The summed E-state index contributed by atoms with van der Waals surface area (Å²) in [5.74, 6) is 0. The molecule has 1 aromatic carbocycles. The van der Waals surface area contributed by atoms with Gasteiger partial charge < -0.3 is 0 Å². The molecule has 124 valence electrons. The molecule has 0 fully saturated rings. The third-order valence-corrected chi connectivity index (χ3v) is 4.86. The van der Waals surface area contributed by atoms with E-state index in [0.717, 1.165) is 21.5 Å². The molecule has 0 aliphatic heterocycles. The van der Waals surface area contributed by atoms with Crippen molar-refractivity contribution in [3.63, 3.8) is 0 Å². The molecule has 0 saturated carbocycles. The number of hydrogen-bond acceptors (Lipinski definition) is 5. The Morgan fingerprint density at radius 2 is 2.04 bits per heavy atom. The second kappa shape index (κ2) is 6.45. The van der Waals surface area contributed by atoms with Crippen molar-refractivity contribution in [1.82, 2.24) is 19.7 Å². The van der Waals surface area contributed by atoms with Gasteiger partial charge in [0.2, 0.25) is 5.13 Å². The summed E-state index contributed by atoms with van der Waals surface area (Å²) in [6.07, 6.45) is 5.08. The second-order valence-electron chi connectivity index (χ2n) is 5.58. The number of H-pyrrole nitrogens is 1. The Labute approximate surface area is 147 Å². The number of pyridine rings is 1. The van der Waals surface area contributed by atoms with Crippen LogP contribution in [0.5, 0.6) is 0 Å². The number of hydrogen-bond donors (Lipinski definition) is 1. The average Bonchev–Trinajstić information content (AvgIpc) is 3.18. The summed E-state index contributed by atoms with van der Waals surface area (Å²) in [5.41, 5.74) is 3.10. The Morgan fingerprint density at radius 1 is 1.24 bits per heavy atom. The third kappa shape index (κ3) is 3.01. The van der Waals surface area contributed by atoms with E-state index in [4.69, 9.17) is 0 Å². The van der Waals surface area contributed by atoms with E-state index < -0.39 is 0 Å². The predicted octanol–water partition coefficient (Wildman–Crippen LogP) is 3.10. The van der Waals surface area contributed by atoms with Crippen molar-refractivity contribution in [2.45, 2.75) is 13.5 Å². The van der Waals surface area contributed by atoms with Gasteiger partial charge in [0.05, 0.1) is 22.3 Å². The molecule has 0 bridgehead atoms. The summed E-state index contributed by atoms with van der Waals surface area (Å²) >= 11 is 1.48. The van der Waals surface area contributed by atoms with Crippen molar-refractivity contribution >= 4 is 27.8 Å². The van der Waals surface area contributed by atoms with Crippen molar-refractivity contribution in [2.75, 3.05) is 0 Å². The number of aromatic amines is 1. The zero-order valence-corrected chi connectivity index (χ0v) is 14.3. The molecule has 3 aromatic heterocycles. The minimum absolute atomic E-state index is 0.143. The standard InChI is InChI=1S/C18H15N5OS/c1-12-14(11-20-10-13-6-8-19-9-7-13)17(24)23(22-12)18-21-15-4-2-3-5-16(15)25-18/h2-9,11,22H,10H2,1H3. The SMILES string of the molecule is Cc1[nH]n(-c2nc3ccccc3s2)c(=O)c1C=NCc1ccncc1. The summed E-state index contributed by atoms with van der Waals surface area (Å²) in [6, 6.07) is 11.6. The van der Waals surface area contributed by atoms with E-state index in [0.29, 0.717) is 17.2 Å².